The van der Waals surface area contributed by atoms with E-state index in [4.69, 9.17) is 9.15 Å². The predicted molar refractivity (Wildman–Crippen MR) is 92.6 cm³/mol. The van der Waals surface area contributed by atoms with Gasteiger partial charge in [-0.2, -0.15) is 0 Å². The van der Waals surface area contributed by atoms with Crippen molar-refractivity contribution in [2.45, 2.75) is 13.2 Å². The first kappa shape index (κ1) is 15.8. The van der Waals surface area contributed by atoms with E-state index in [1.165, 1.54) is 6.07 Å². The van der Waals surface area contributed by atoms with E-state index in [9.17, 15) is 14.4 Å². The van der Waals surface area contributed by atoms with Gasteiger partial charge < -0.3 is 9.15 Å². The van der Waals surface area contributed by atoms with Crippen molar-refractivity contribution in [3.8, 4) is 0 Å². The SMILES string of the molecule is O=C(Cn1[nH]c(=O)c2ccccc2c1=O)OCc1nc2ccccc2o1. The maximum Gasteiger partial charge on any atom is 0.328 e. The first-order valence-electron chi connectivity index (χ1n) is 7.84. The molecule has 2 aromatic carbocycles. The number of hydrogen-bond donors (Lipinski definition) is 1. The lowest BCUT2D eigenvalue weighted by Crippen LogP contribution is -2.32. The first-order valence-corrected chi connectivity index (χ1v) is 7.84. The number of nitrogens with one attached hydrogen (secondary N) is 1. The molecule has 0 aliphatic carbocycles. The maximum absolute atomic E-state index is 12.4. The van der Waals surface area contributed by atoms with Crippen LogP contribution in [0.25, 0.3) is 21.9 Å². The fourth-order valence-electron chi connectivity index (χ4n) is 2.66. The molecule has 4 rings (SSSR count). The van der Waals surface area contributed by atoms with E-state index in [0.29, 0.717) is 11.1 Å². The molecule has 0 atom stereocenters. The zero-order valence-electron chi connectivity index (χ0n) is 13.5. The van der Waals surface area contributed by atoms with Gasteiger partial charge in [0.2, 0.25) is 5.89 Å². The Morgan fingerprint density at radius 2 is 1.81 bits per heavy atom. The highest BCUT2D eigenvalue weighted by atomic mass is 16.5. The molecule has 0 unspecified atom stereocenters. The molecular weight excluding hydrogens is 338 g/mol. The minimum Gasteiger partial charge on any atom is -0.454 e. The number of para-hydroxylation sites is 2. The van der Waals surface area contributed by atoms with Gasteiger partial charge in [0.25, 0.3) is 11.1 Å². The molecule has 1 N–H and O–H groups in total. The highest BCUT2D eigenvalue weighted by Gasteiger charge is 2.13. The van der Waals surface area contributed by atoms with Crippen LogP contribution < -0.4 is 11.1 Å². The summed E-state index contributed by atoms with van der Waals surface area (Å²) in [6.07, 6.45) is 0. The van der Waals surface area contributed by atoms with Gasteiger partial charge in [0, 0.05) is 0 Å². The lowest BCUT2D eigenvalue weighted by molar-refractivity contribution is -0.146. The van der Waals surface area contributed by atoms with Gasteiger partial charge in [0.05, 0.1) is 10.8 Å². The summed E-state index contributed by atoms with van der Waals surface area (Å²) < 4.78 is 11.5. The zero-order valence-corrected chi connectivity index (χ0v) is 13.5. The van der Waals surface area contributed by atoms with Crippen LogP contribution in [0.4, 0.5) is 0 Å². The Bertz CT molecular complexity index is 1200. The van der Waals surface area contributed by atoms with Gasteiger partial charge in [0.15, 0.2) is 12.2 Å². The van der Waals surface area contributed by atoms with Gasteiger partial charge in [-0.25, -0.2) is 9.67 Å². The summed E-state index contributed by atoms with van der Waals surface area (Å²) in [6.45, 7) is -0.584. The van der Waals surface area contributed by atoms with E-state index in [1.54, 1.807) is 30.3 Å². The number of oxazole rings is 1. The molecule has 0 amide bonds. The van der Waals surface area contributed by atoms with Crippen LogP contribution in [0, 0.1) is 0 Å². The van der Waals surface area contributed by atoms with Crippen molar-refractivity contribution in [1.82, 2.24) is 14.8 Å². The second kappa shape index (κ2) is 6.32. The van der Waals surface area contributed by atoms with Crippen molar-refractivity contribution in [2.75, 3.05) is 0 Å². The van der Waals surface area contributed by atoms with Gasteiger partial charge >= 0.3 is 5.97 Å². The highest BCUT2D eigenvalue weighted by molar-refractivity contribution is 5.80. The van der Waals surface area contributed by atoms with Crippen LogP contribution in [0.3, 0.4) is 0 Å². The molecule has 0 aliphatic heterocycles. The van der Waals surface area contributed by atoms with Crippen molar-refractivity contribution in [2.24, 2.45) is 0 Å². The van der Waals surface area contributed by atoms with Gasteiger partial charge in [-0.3, -0.25) is 19.5 Å². The Morgan fingerprint density at radius 1 is 1.08 bits per heavy atom. The number of benzene rings is 2. The Balaban J connectivity index is 1.51. The number of ether oxygens (including phenoxy) is 1. The smallest absolute Gasteiger partial charge is 0.328 e. The third-order valence-corrected chi connectivity index (χ3v) is 3.87. The average molecular weight is 351 g/mol. The topological polar surface area (TPSA) is 107 Å². The van der Waals surface area contributed by atoms with Crippen LogP contribution >= 0.6 is 0 Å². The Labute approximate surface area is 145 Å². The van der Waals surface area contributed by atoms with Crippen LogP contribution in [-0.2, 0) is 22.7 Å². The molecular formula is C18H13N3O5. The van der Waals surface area contributed by atoms with Gasteiger partial charge in [-0.05, 0) is 24.3 Å². The zero-order chi connectivity index (χ0) is 18.1. The van der Waals surface area contributed by atoms with Gasteiger partial charge in [-0.15, -0.1) is 0 Å². The molecule has 0 saturated heterocycles. The average Bonchev–Trinajstić information content (AvgIpc) is 3.07. The van der Waals surface area contributed by atoms with E-state index in [2.05, 4.69) is 10.1 Å². The summed E-state index contributed by atoms with van der Waals surface area (Å²) in [4.78, 5) is 40.6. The number of hydrogen-bond acceptors (Lipinski definition) is 6. The van der Waals surface area contributed by atoms with Crippen LogP contribution in [0.1, 0.15) is 5.89 Å². The number of esters is 1. The molecule has 2 heterocycles. The number of carbonyl (C=O) groups is 1. The van der Waals surface area contributed by atoms with Crippen LogP contribution in [-0.4, -0.2) is 20.7 Å². The van der Waals surface area contributed by atoms with Crippen LogP contribution in [0.2, 0.25) is 0 Å². The summed E-state index contributed by atoms with van der Waals surface area (Å²) in [5.41, 5.74) is 0.327. The van der Waals surface area contributed by atoms with E-state index >= 15 is 0 Å². The summed E-state index contributed by atoms with van der Waals surface area (Å²) in [7, 11) is 0. The minimum absolute atomic E-state index is 0.167. The van der Waals surface area contributed by atoms with E-state index in [-0.39, 0.29) is 23.3 Å². The lowest BCUT2D eigenvalue weighted by atomic mass is 10.2. The second-order valence-corrected chi connectivity index (χ2v) is 5.61. The summed E-state index contributed by atoms with van der Waals surface area (Å²) in [5.74, 6) is -0.445. The largest absolute Gasteiger partial charge is 0.454 e. The number of fused-ring (bicyclic) bond motifs is 2. The number of rotatable bonds is 4. The molecule has 2 aromatic heterocycles. The van der Waals surface area contributed by atoms with E-state index in [0.717, 1.165) is 4.68 Å². The number of nitrogens with zero attached hydrogens (tertiary/aromatic N) is 2. The Hall–Kier alpha value is -3.68. The van der Waals surface area contributed by atoms with Crippen LogP contribution in [0.15, 0.2) is 62.5 Å². The summed E-state index contributed by atoms with van der Waals surface area (Å²) >= 11 is 0. The molecule has 0 spiro atoms. The molecule has 26 heavy (non-hydrogen) atoms. The Morgan fingerprint density at radius 3 is 2.62 bits per heavy atom. The molecule has 8 nitrogen and oxygen atoms in total. The first-order chi connectivity index (χ1) is 12.6. The number of carbonyl (C=O) groups excluding carboxylic acids is 1. The molecule has 0 bridgehead atoms. The molecule has 8 heteroatoms. The fourth-order valence-corrected chi connectivity index (χ4v) is 2.66. The Kier molecular flexibility index (Phi) is 3.85. The van der Waals surface area contributed by atoms with Crippen molar-refractivity contribution < 1.29 is 13.9 Å². The minimum atomic E-state index is -0.694. The van der Waals surface area contributed by atoms with Crippen molar-refractivity contribution in [3.05, 3.63) is 75.1 Å². The quantitative estimate of drug-likeness (QED) is 0.559. The fraction of sp³-hybridized carbons (Fsp3) is 0.111. The van der Waals surface area contributed by atoms with Crippen molar-refractivity contribution in [3.63, 3.8) is 0 Å². The number of aromatic amines is 1. The normalized spacial score (nSPS) is 11.1. The molecule has 0 aliphatic rings. The van der Waals surface area contributed by atoms with Crippen molar-refractivity contribution in [1.29, 1.82) is 0 Å². The molecule has 4 aromatic rings. The van der Waals surface area contributed by atoms with Gasteiger partial charge in [-0.1, -0.05) is 24.3 Å². The lowest BCUT2D eigenvalue weighted by Gasteiger charge is -2.06. The third-order valence-electron chi connectivity index (χ3n) is 3.87. The van der Waals surface area contributed by atoms with E-state index < -0.39 is 23.6 Å². The number of H-pyrrole nitrogens is 1. The standard InChI is InChI=1S/C18H13N3O5/c22-16(25-10-15-19-13-7-3-4-8-14(13)26-15)9-21-18(24)12-6-2-1-5-11(12)17(23)20-21/h1-8H,9-10H2,(H,20,23). The third kappa shape index (κ3) is 2.88. The van der Waals surface area contributed by atoms with Crippen LogP contribution in [0.5, 0.6) is 0 Å². The van der Waals surface area contributed by atoms with Gasteiger partial charge in [0.1, 0.15) is 12.1 Å². The second-order valence-electron chi connectivity index (χ2n) is 5.61. The molecule has 0 fully saturated rings. The summed E-state index contributed by atoms with van der Waals surface area (Å²) in [5, 5.41) is 2.89. The highest BCUT2D eigenvalue weighted by Crippen LogP contribution is 2.15. The predicted octanol–water partition coefficient (Wildman–Crippen LogP) is 1.57. The number of aromatic nitrogens is 3. The molecule has 130 valence electrons. The monoisotopic (exact) mass is 351 g/mol. The van der Waals surface area contributed by atoms with Crippen molar-refractivity contribution >= 4 is 27.8 Å². The molecule has 0 radical (unpaired) electrons. The summed E-state index contributed by atoms with van der Waals surface area (Å²) in [6, 6.07) is 13.6. The molecule has 0 saturated carbocycles. The maximum atomic E-state index is 12.4. The van der Waals surface area contributed by atoms with E-state index in [1.807, 2.05) is 12.1 Å².